The maximum Gasteiger partial charge on any atom is 0.553 e. The summed E-state index contributed by atoms with van der Waals surface area (Å²) < 4.78 is 21.5. The number of hydrogen-bond donors (Lipinski definition) is 0. The van der Waals surface area contributed by atoms with Crippen molar-refractivity contribution in [3.63, 3.8) is 0 Å². The highest BCUT2D eigenvalue weighted by Gasteiger charge is 2.76. The van der Waals surface area contributed by atoms with Gasteiger partial charge in [0.15, 0.2) is 11.4 Å². The van der Waals surface area contributed by atoms with Crippen LogP contribution >= 0.6 is 0 Å². The minimum atomic E-state index is -0.722. The maximum absolute atomic E-state index is 3.63. The van der Waals surface area contributed by atoms with Gasteiger partial charge in [0.2, 0.25) is 34.2 Å². The van der Waals surface area contributed by atoms with Crippen LogP contribution < -0.4 is 21.4 Å². The first-order valence-corrected chi connectivity index (χ1v) is 34.9. The third-order valence-electron chi connectivity index (χ3n) is 23.3. The summed E-state index contributed by atoms with van der Waals surface area (Å²) in [6, 6.07) is 52.0. The molecular weight excluding hydrogens is 1170 g/mol. The van der Waals surface area contributed by atoms with Crippen LogP contribution in [0.5, 0.6) is 0 Å². The second-order valence-corrected chi connectivity index (χ2v) is 34.6. The van der Waals surface area contributed by atoms with E-state index in [0.29, 0.717) is 0 Å². The summed E-state index contributed by atoms with van der Waals surface area (Å²) in [6.45, 7) is 37.9. The fraction of sp³-hybridized carbons (Fsp3) is 0.295. The van der Waals surface area contributed by atoms with Crippen molar-refractivity contribution in [2.75, 3.05) is 0 Å². The summed E-state index contributed by atoms with van der Waals surface area (Å²) >= 11 is 0. The molecule has 12 aliphatic heterocycles. The van der Waals surface area contributed by atoms with Crippen LogP contribution in [-0.4, -0.2) is 59.4 Å². The molecule has 4 aromatic carbocycles. The molecule has 0 fully saturated rings. The highest BCUT2D eigenvalue weighted by molar-refractivity contribution is 6.29. The Morgan fingerprint density at radius 1 is 0.354 bits per heavy atom. The molecule has 8 aromatic rings. The van der Waals surface area contributed by atoms with Crippen molar-refractivity contribution in [2.24, 2.45) is 10.8 Å². The molecule has 0 amide bonds. The Labute approximate surface area is 562 Å². The van der Waals surface area contributed by atoms with Gasteiger partial charge in [-0.25, -0.2) is 0 Å². The van der Waals surface area contributed by atoms with Gasteiger partial charge in [-0.05, 0) is 167 Å². The van der Waals surface area contributed by atoms with Crippen molar-refractivity contribution in [2.45, 2.75) is 157 Å². The Morgan fingerprint density at radius 3 is 1.07 bits per heavy atom. The van der Waals surface area contributed by atoms with Gasteiger partial charge in [-0.1, -0.05) is 174 Å². The highest BCUT2D eigenvalue weighted by Crippen LogP contribution is 2.57. The van der Waals surface area contributed by atoms with Gasteiger partial charge in [0, 0.05) is 72.6 Å². The van der Waals surface area contributed by atoms with Gasteiger partial charge in [-0.3, -0.25) is 0 Å². The van der Waals surface area contributed by atoms with E-state index in [1.165, 1.54) is 157 Å². The second kappa shape index (κ2) is 17.4. The molecule has 8 nitrogen and oxygen atoms in total. The Hall–Kier alpha value is -9.84. The average Bonchev–Trinajstić information content (AvgIpc) is 1.44. The summed E-state index contributed by atoms with van der Waals surface area (Å²) in [5.41, 5.74) is 32.3. The number of allylic oxidation sites excluding steroid dienone is 6. The largest absolute Gasteiger partial charge is 0.553 e. The summed E-state index contributed by atoms with van der Waals surface area (Å²) in [4.78, 5) is 0. The van der Waals surface area contributed by atoms with Crippen LogP contribution in [0, 0.1) is 22.7 Å². The maximum atomic E-state index is 3.63. The van der Waals surface area contributed by atoms with Crippen LogP contribution in [0.2, 0.25) is 0 Å². The first kappa shape index (κ1) is 56.5. The smallest absolute Gasteiger partial charge is 0.199 e. The SMILES string of the molecule is CC1(C)CC2=[N+]3C1=Cc1ccc4n1[C@]31n3c(ccc3=C(c3ccc(C#Cc5ccc(C6=c7ccc8n7[C@@]79n%10c(ccc%10C(c%10cc(C(C)(C)C)cc(C(C)(C)C)c%10)=C%10C=CC6=[N+]%107)C=C6[N+]9=C(C=8)CC6(C)C)cc5)cc3)C3=[N+]1C(=C4c1cc(C(C)(C)C)cc(C(C)(C)C)c1)C=C3)=C2. The van der Waals surface area contributed by atoms with Crippen LogP contribution in [0.25, 0.3) is 46.6 Å². The lowest BCUT2D eigenvalue weighted by Crippen LogP contribution is -2.70. The zero-order chi connectivity index (χ0) is 66.0. The molecule has 0 bridgehead atoms. The topological polar surface area (TPSA) is 31.8 Å². The molecule has 470 valence electrons. The van der Waals surface area contributed by atoms with Crippen LogP contribution in [0.15, 0.2) is 181 Å². The lowest BCUT2D eigenvalue weighted by atomic mass is 9.78. The normalized spacial score (nSPS) is 22.4. The standard InChI is InChI=1S/C88H82N8/c1-81(2,3)57-39-55(40-58(43-57)82(4,5)6)79-69-33-29-63-47-75-85(13,14)49-65-45-61-27-31-67-77(71-35-37-73(79)95(71)87(89(61)67,91(63)69)93(65)75)53-23-19-51(20-24-53)17-18-52-21-25-54(26-22-52)78-68-32-28-62-46-66-50-86(15,16)76-48-64-30-34-70-80(56-41-59(83(7,8)9)44-60(42-56)84(10,11)12)74-38-36-72(78)96(74)88(90(62)68,92(64)70)94(66)76/h19-48H,49-50H2,1-16H3/q+4/t87-,88+. The second-order valence-electron chi connectivity index (χ2n) is 34.6. The zero-order valence-electron chi connectivity index (χ0n) is 58.3. The van der Waals surface area contributed by atoms with E-state index >= 15 is 0 Å². The third kappa shape index (κ3) is 6.87. The van der Waals surface area contributed by atoms with Gasteiger partial charge in [0.1, 0.15) is 0 Å². The third-order valence-corrected chi connectivity index (χ3v) is 23.3. The lowest BCUT2D eigenvalue weighted by molar-refractivity contribution is -0.837. The van der Waals surface area contributed by atoms with Crippen molar-refractivity contribution < 1.29 is 18.3 Å². The number of rotatable bonds is 4. The quantitative estimate of drug-likeness (QED) is 0.124. The summed E-state index contributed by atoms with van der Waals surface area (Å²) in [7, 11) is 0. The molecule has 96 heavy (non-hydrogen) atoms. The monoisotopic (exact) mass is 1250 g/mol. The van der Waals surface area contributed by atoms with E-state index < -0.39 is 11.8 Å². The zero-order valence-corrected chi connectivity index (χ0v) is 58.3. The molecule has 12 aliphatic rings. The van der Waals surface area contributed by atoms with Gasteiger partial charge in [-0.15, -0.1) is 0 Å². The van der Waals surface area contributed by atoms with E-state index in [9.17, 15) is 0 Å². The Balaban J connectivity index is 0.710. The van der Waals surface area contributed by atoms with E-state index in [-0.39, 0.29) is 32.5 Å². The molecule has 0 aliphatic carbocycles. The number of aromatic nitrogens is 4. The van der Waals surface area contributed by atoms with Gasteiger partial charge in [0.05, 0.1) is 77.3 Å². The number of hydrogen-bond acceptors (Lipinski definition) is 0. The average molecular weight is 1250 g/mol. The molecular formula is C88H82N8+4. The molecule has 2 atom stereocenters. The fourth-order valence-electron chi connectivity index (χ4n) is 18.7. The fourth-order valence-corrected chi connectivity index (χ4v) is 18.7. The van der Waals surface area contributed by atoms with Crippen molar-refractivity contribution in [1.82, 2.24) is 18.3 Å². The summed E-state index contributed by atoms with van der Waals surface area (Å²) in [5.74, 6) is 5.81. The molecule has 8 heteroatoms. The highest BCUT2D eigenvalue weighted by atomic mass is 15.6. The molecule has 0 radical (unpaired) electrons. The van der Waals surface area contributed by atoms with Crippen LogP contribution in [0.4, 0.5) is 0 Å². The Morgan fingerprint density at radius 2 is 0.719 bits per heavy atom. The van der Waals surface area contributed by atoms with Crippen LogP contribution in [0.1, 0.15) is 202 Å². The van der Waals surface area contributed by atoms with Gasteiger partial charge < -0.3 is 0 Å². The minimum absolute atomic E-state index is 0.0370. The predicted octanol–water partition coefficient (Wildman–Crippen LogP) is 13.8. The van der Waals surface area contributed by atoms with Crippen molar-refractivity contribution in [3.8, 4) is 11.8 Å². The summed E-state index contributed by atoms with van der Waals surface area (Å²) in [6.07, 6.45) is 21.5. The van der Waals surface area contributed by atoms with Crippen LogP contribution in [-0.2, 0) is 33.5 Å². The van der Waals surface area contributed by atoms with Crippen molar-refractivity contribution in [3.05, 3.63) is 280 Å². The molecule has 16 heterocycles. The Bertz CT molecular complexity index is 5440. The lowest BCUT2D eigenvalue weighted by Gasteiger charge is -2.40. The first-order valence-electron chi connectivity index (χ1n) is 34.9. The predicted molar refractivity (Wildman–Crippen MR) is 388 cm³/mol. The van der Waals surface area contributed by atoms with E-state index in [1.54, 1.807) is 0 Å². The molecule has 4 aromatic heterocycles. The first-order chi connectivity index (χ1) is 45.5. The van der Waals surface area contributed by atoms with E-state index in [1.807, 2.05) is 0 Å². The van der Waals surface area contributed by atoms with E-state index in [0.717, 1.165) is 24.0 Å². The molecule has 0 saturated carbocycles. The van der Waals surface area contributed by atoms with Crippen molar-refractivity contribution in [1.29, 1.82) is 0 Å². The summed E-state index contributed by atoms with van der Waals surface area (Å²) in [5, 5.41) is 4.89. The molecule has 0 unspecified atom stereocenters. The van der Waals surface area contributed by atoms with Gasteiger partial charge >= 0.3 is 11.8 Å². The molecule has 20 rings (SSSR count). The Kier molecular flexibility index (Phi) is 10.2. The van der Waals surface area contributed by atoms with Crippen LogP contribution in [0.3, 0.4) is 0 Å². The van der Waals surface area contributed by atoms with Gasteiger partial charge in [0.25, 0.3) is 0 Å². The van der Waals surface area contributed by atoms with Gasteiger partial charge in [-0.2, -0.15) is 18.3 Å². The number of nitrogens with zero attached hydrogens (tertiary/aromatic N) is 8. The number of benzene rings is 4. The molecule has 0 N–H and O–H groups in total. The molecule has 2 spiro atoms. The van der Waals surface area contributed by atoms with E-state index in [2.05, 4.69) is 341 Å². The molecule has 0 saturated heterocycles. The van der Waals surface area contributed by atoms with E-state index in [4.69, 9.17) is 0 Å². The minimum Gasteiger partial charge on any atom is -0.199 e. The van der Waals surface area contributed by atoms with Crippen molar-refractivity contribution >= 4 is 69.4 Å².